The topological polar surface area (TPSA) is 182 Å². The molecule has 6 N–H and O–H groups in total. The minimum absolute atomic E-state index is 0.0410. The lowest BCUT2D eigenvalue weighted by molar-refractivity contribution is -0.154. The molecule has 1 fully saturated rings. The molecule has 1 unspecified atom stereocenters. The molecule has 3 heterocycles. The first-order valence-electron chi connectivity index (χ1n) is 13.6. The Hall–Kier alpha value is -4.97. The number of likely N-dealkylation sites (tertiary alicyclic amines) is 1. The average molecular weight is 572 g/mol. The van der Waals surface area contributed by atoms with E-state index in [1.54, 1.807) is 19.3 Å². The van der Waals surface area contributed by atoms with Gasteiger partial charge in [-0.3, -0.25) is 4.90 Å². The molecule has 4 aromatic rings. The predicted octanol–water partition coefficient (Wildman–Crippen LogP) is 4.76. The lowest BCUT2D eigenvalue weighted by Crippen LogP contribution is -2.57. The number of hydrogen-bond donors (Lipinski definition) is 4. The molecule has 218 valence electrons. The van der Waals surface area contributed by atoms with E-state index in [-0.39, 0.29) is 18.0 Å². The number of carbonyl (C=O) groups excluding carboxylic acids is 3. The second-order valence-electron chi connectivity index (χ2n) is 10.7. The third kappa shape index (κ3) is 5.61. The zero-order chi connectivity index (χ0) is 30.0. The van der Waals surface area contributed by atoms with Crippen LogP contribution >= 0.6 is 0 Å². The minimum atomic E-state index is -1.11. The van der Waals surface area contributed by atoms with Gasteiger partial charge < -0.3 is 30.9 Å². The molecule has 1 aliphatic heterocycles. The number of rotatable bonds is 8. The Labute approximate surface area is 242 Å². The Morgan fingerprint density at radius 1 is 0.881 bits per heavy atom. The van der Waals surface area contributed by atoms with Crippen molar-refractivity contribution in [1.82, 2.24) is 24.8 Å². The molecule has 0 radical (unpaired) electrons. The molecule has 2 aromatic heterocycles. The van der Waals surface area contributed by atoms with Gasteiger partial charge in [0.15, 0.2) is 0 Å². The SMILES string of the molecule is CC(C)[C@@](C)(C(=O)OC(N)=O)N1CCCC1c1ncc(-c2ccc(-c3ccc(-c4cnc(OC(N)=O)[nH]4)cc3)cc2)[nH]1. The van der Waals surface area contributed by atoms with Crippen molar-refractivity contribution in [3.8, 4) is 39.7 Å². The fourth-order valence-corrected chi connectivity index (χ4v) is 5.42. The van der Waals surface area contributed by atoms with Crippen molar-refractivity contribution in [2.45, 2.75) is 45.2 Å². The Morgan fingerprint density at radius 3 is 1.98 bits per heavy atom. The number of ether oxygens (including phenoxy) is 2. The number of esters is 1. The second-order valence-corrected chi connectivity index (χ2v) is 10.7. The van der Waals surface area contributed by atoms with Crippen molar-refractivity contribution in [2.75, 3.05) is 6.54 Å². The number of nitrogens with zero attached hydrogens (tertiary/aromatic N) is 3. The lowest BCUT2D eigenvalue weighted by Gasteiger charge is -2.42. The Morgan fingerprint density at radius 2 is 1.43 bits per heavy atom. The number of nitrogens with two attached hydrogens (primary N) is 2. The van der Waals surface area contributed by atoms with Gasteiger partial charge in [0.1, 0.15) is 11.4 Å². The van der Waals surface area contributed by atoms with Crippen LogP contribution in [0.15, 0.2) is 60.9 Å². The fourth-order valence-electron chi connectivity index (χ4n) is 5.42. The number of primary amides is 2. The van der Waals surface area contributed by atoms with Crippen LogP contribution in [-0.4, -0.2) is 55.1 Å². The molecule has 5 rings (SSSR count). The molecule has 12 nitrogen and oxygen atoms in total. The number of benzene rings is 2. The molecule has 0 aliphatic carbocycles. The first-order valence-corrected chi connectivity index (χ1v) is 13.6. The van der Waals surface area contributed by atoms with Gasteiger partial charge in [0.2, 0.25) is 0 Å². The van der Waals surface area contributed by atoms with Crippen LogP contribution < -0.4 is 16.2 Å². The standard InChI is InChI=1S/C30H33N7O5/c1-17(2)30(3,26(38)41-27(31)39)37-14-4-5-24(37)25-33-15-22(35-25)20-10-6-18(7-11-20)19-8-12-21(13-9-19)23-16-34-29(36-23)42-28(32)40/h6-13,15-17,24H,4-5,14H2,1-3H3,(H2,31,39)(H2,32,40)(H,33,35)(H,34,36)/t24?,30-/m0/s1. The number of carbonyl (C=O) groups is 3. The number of nitrogens with one attached hydrogen (secondary N) is 2. The van der Waals surface area contributed by atoms with Crippen molar-refractivity contribution < 1.29 is 23.9 Å². The van der Waals surface area contributed by atoms with Crippen LogP contribution in [-0.2, 0) is 9.53 Å². The molecule has 0 bridgehead atoms. The number of aromatic amines is 2. The lowest BCUT2D eigenvalue weighted by atomic mass is 9.85. The van der Waals surface area contributed by atoms with E-state index in [1.165, 1.54) is 0 Å². The van der Waals surface area contributed by atoms with Crippen LogP contribution in [0.25, 0.3) is 33.6 Å². The average Bonchev–Trinajstić information content (AvgIpc) is 3.73. The monoisotopic (exact) mass is 571 g/mol. The largest absolute Gasteiger partial charge is 0.412 e. The van der Waals surface area contributed by atoms with E-state index in [4.69, 9.17) is 20.9 Å². The van der Waals surface area contributed by atoms with E-state index in [1.807, 2.05) is 62.4 Å². The van der Waals surface area contributed by atoms with Crippen molar-refractivity contribution in [1.29, 1.82) is 0 Å². The quantitative estimate of drug-likeness (QED) is 0.172. The molecule has 1 aliphatic rings. The van der Waals surface area contributed by atoms with Crippen molar-refractivity contribution in [3.63, 3.8) is 0 Å². The van der Waals surface area contributed by atoms with E-state index < -0.39 is 23.7 Å². The maximum Gasteiger partial charge on any atom is 0.412 e. The first-order chi connectivity index (χ1) is 20.1. The highest BCUT2D eigenvalue weighted by Crippen LogP contribution is 2.41. The second kappa shape index (κ2) is 11.5. The highest BCUT2D eigenvalue weighted by Gasteiger charge is 2.49. The van der Waals surface area contributed by atoms with Crippen LogP contribution in [0, 0.1) is 5.92 Å². The Kier molecular flexibility index (Phi) is 7.81. The summed E-state index contributed by atoms with van der Waals surface area (Å²) in [5, 5.41) is 0. The maximum atomic E-state index is 13.0. The highest BCUT2D eigenvalue weighted by atomic mass is 16.6. The van der Waals surface area contributed by atoms with Gasteiger partial charge in [-0.05, 0) is 47.9 Å². The van der Waals surface area contributed by atoms with Gasteiger partial charge in [0.25, 0.3) is 0 Å². The van der Waals surface area contributed by atoms with E-state index >= 15 is 0 Å². The Balaban J connectivity index is 1.31. The number of hydrogen-bond acceptors (Lipinski definition) is 8. The molecule has 42 heavy (non-hydrogen) atoms. The van der Waals surface area contributed by atoms with Crippen LogP contribution in [0.2, 0.25) is 0 Å². The summed E-state index contributed by atoms with van der Waals surface area (Å²) in [7, 11) is 0. The van der Waals surface area contributed by atoms with Gasteiger partial charge in [-0.1, -0.05) is 62.4 Å². The van der Waals surface area contributed by atoms with Gasteiger partial charge in [-0.2, -0.15) is 0 Å². The highest BCUT2D eigenvalue weighted by molar-refractivity contribution is 5.90. The van der Waals surface area contributed by atoms with Crippen LogP contribution in [0.3, 0.4) is 0 Å². The minimum Gasteiger partial charge on any atom is -0.376 e. The fraction of sp³-hybridized carbons (Fsp3) is 0.300. The van der Waals surface area contributed by atoms with Crippen LogP contribution in [0.5, 0.6) is 6.01 Å². The van der Waals surface area contributed by atoms with Crippen molar-refractivity contribution in [3.05, 3.63) is 66.7 Å². The number of aromatic nitrogens is 4. The predicted molar refractivity (Wildman–Crippen MR) is 155 cm³/mol. The summed E-state index contributed by atoms with van der Waals surface area (Å²) >= 11 is 0. The molecule has 2 aromatic carbocycles. The smallest absolute Gasteiger partial charge is 0.376 e. The summed E-state index contributed by atoms with van der Waals surface area (Å²) in [4.78, 5) is 52.3. The first kappa shape index (κ1) is 28.6. The number of imidazole rings is 2. The van der Waals surface area contributed by atoms with Crippen molar-refractivity contribution >= 4 is 18.2 Å². The van der Waals surface area contributed by atoms with Crippen LogP contribution in [0.1, 0.15) is 45.5 Å². The maximum absolute atomic E-state index is 13.0. The zero-order valence-electron chi connectivity index (χ0n) is 23.6. The summed E-state index contributed by atoms with van der Waals surface area (Å²) in [5.74, 6) is -0.0309. The summed E-state index contributed by atoms with van der Waals surface area (Å²) in [6.45, 7) is 6.31. The van der Waals surface area contributed by atoms with Gasteiger partial charge >= 0.3 is 24.2 Å². The molecular weight excluding hydrogens is 538 g/mol. The zero-order valence-corrected chi connectivity index (χ0v) is 23.6. The molecule has 12 heteroatoms. The molecule has 2 atom stereocenters. The molecule has 0 saturated carbocycles. The van der Waals surface area contributed by atoms with E-state index in [2.05, 4.69) is 24.8 Å². The summed E-state index contributed by atoms with van der Waals surface area (Å²) < 4.78 is 9.61. The van der Waals surface area contributed by atoms with Gasteiger partial charge in [0.05, 0.1) is 29.8 Å². The number of amides is 2. The van der Waals surface area contributed by atoms with Gasteiger partial charge in [-0.25, -0.2) is 24.4 Å². The van der Waals surface area contributed by atoms with E-state index in [9.17, 15) is 14.4 Å². The number of H-pyrrole nitrogens is 2. The van der Waals surface area contributed by atoms with Gasteiger partial charge in [-0.15, -0.1) is 0 Å². The summed E-state index contributed by atoms with van der Waals surface area (Å²) in [6, 6.07) is 15.9. The summed E-state index contributed by atoms with van der Waals surface area (Å²) in [6.07, 6.45) is 3.02. The Bertz CT molecular complexity index is 1590. The van der Waals surface area contributed by atoms with Crippen LogP contribution in [0.4, 0.5) is 9.59 Å². The van der Waals surface area contributed by atoms with Gasteiger partial charge in [0, 0.05) is 6.54 Å². The third-order valence-electron chi connectivity index (χ3n) is 7.97. The van der Waals surface area contributed by atoms with E-state index in [0.717, 1.165) is 46.6 Å². The van der Waals surface area contributed by atoms with Crippen molar-refractivity contribution in [2.24, 2.45) is 17.4 Å². The summed E-state index contributed by atoms with van der Waals surface area (Å²) in [5.41, 5.74) is 14.6. The normalized spacial score (nSPS) is 16.7. The van der Waals surface area contributed by atoms with E-state index in [0.29, 0.717) is 12.2 Å². The molecule has 2 amide bonds. The molecule has 0 spiro atoms. The molecular formula is C30H33N7O5. The molecule has 1 saturated heterocycles. The third-order valence-corrected chi connectivity index (χ3v) is 7.97.